The fourth-order valence-corrected chi connectivity index (χ4v) is 4.45. The van der Waals surface area contributed by atoms with Gasteiger partial charge in [0.15, 0.2) is 5.13 Å². The molecule has 34 heavy (non-hydrogen) atoms. The molecule has 0 aliphatic rings. The molecule has 0 aliphatic carbocycles. The van der Waals surface area contributed by atoms with Gasteiger partial charge in [-0.25, -0.2) is 9.78 Å². The lowest BCUT2D eigenvalue weighted by Gasteiger charge is -2.36. The lowest BCUT2D eigenvalue weighted by Crippen LogP contribution is -2.38. The van der Waals surface area contributed by atoms with Crippen molar-refractivity contribution in [1.82, 2.24) is 4.98 Å². The van der Waals surface area contributed by atoms with Crippen molar-refractivity contribution >= 4 is 28.1 Å². The van der Waals surface area contributed by atoms with Gasteiger partial charge in [-0.1, -0.05) is 96.2 Å². The Morgan fingerprint density at radius 1 is 0.971 bits per heavy atom. The number of carbonyl (C=O) groups is 1. The number of hydrogen-bond donors (Lipinski definition) is 2. The van der Waals surface area contributed by atoms with Crippen LogP contribution in [0.3, 0.4) is 0 Å². The summed E-state index contributed by atoms with van der Waals surface area (Å²) in [5.41, 5.74) is 1.96. The van der Waals surface area contributed by atoms with Crippen molar-refractivity contribution in [1.29, 1.82) is 5.26 Å². The number of anilines is 1. The third-order valence-corrected chi connectivity index (χ3v) is 5.91. The Bertz CT molecular complexity index is 1220. The Morgan fingerprint density at radius 3 is 1.91 bits per heavy atom. The van der Waals surface area contributed by atoms with E-state index in [2.05, 4.69) is 15.5 Å². The Balaban J connectivity index is 1.85. The second-order valence-corrected chi connectivity index (χ2v) is 8.05. The van der Waals surface area contributed by atoms with Crippen molar-refractivity contribution in [3.05, 3.63) is 119 Å². The molecule has 8 heteroatoms. The molecule has 0 aliphatic heterocycles. The van der Waals surface area contributed by atoms with Gasteiger partial charge in [-0.05, 0) is 16.7 Å². The van der Waals surface area contributed by atoms with Crippen molar-refractivity contribution in [2.75, 3.05) is 11.9 Å². The predicted molar refractivity (Wildman–Crippen MR) is 131 cm³/mol. The molecule has 168 valence electrons. The highest BCUT2D eigenvalue weighted by Crippen LogP contribution is 2.40. The van der Waals surface area contributed by atoms with E-state index in [1.165, 1.54) is 11.3 Å². The summed E-state index contributed by atoms with van der Waals surface area (Å²) in [6.07, 6.45) is 0. The highest BCUT2D eigenvalue weighted by molar-refractivity contribution is 7.14. The van der Waals surface area contributed by atoms with Gasteiger partial charge in [0, 0.05) is 5.38 Å². The fourth-order valence-electron chi connectivity index (χ4n) is 3.70. The van der Waals surface area contributed by atoms with Gasteiger partial charge in [-0.15, -0.1) is 11.3 Å². The second kappa shape index (κ2) is 10.4. The maximum atomic E-state index is 11.7. The molecule has 1 aromatic heterocycles. The Hall–Kier alpha value is -4.48. The maximum Gasteiger partial charge on any atom is 0.360 e. The Kier molecular flexibility index (Phi) is 6.96. The first-order valence-electron chi connectivity index (χ1n) is 10.4. The molecule has 0 atom stereocenters. The summed E-state index contributed by atoms with van der Waals surface area (Å²) in [5.74, 6) is -1.30. The van der Waals surface area contributed by atoms with Crippen LogP contribution in [0, 0.1) is 11.3 Å². The second-order valence-electron chi connectivity index (χ2n) is 7.19. The number of carboxylic acids is 1. The summed E-state index contributed by atoms with van der Waals surface area (Å²) in [6, 6.07) is 31.8. The van der Waals surface area contributed by atoms with Gasteiger partial charge in [-0.2, -0.15) is 5.26 Å². The van der Waals surface area contributed by atoms with Crippen LogP contribution in [0.5, 0.6) is 0 Å². The zero-order valence-corrected chi connectivity index (χ0v) is 18.8. The lowest BCUT2D eigenvalue weighted by molar-refractivity contribution is -0.129. The molecule has 1 heterocycles. The summed E-state index contributed by atoms with van der Waals surface area (Å²) in [5, 5.41) is 27.4. The average molecular weight is 469 g/mol. The third kappa shape index (κ3) is 4.65. The zero-order valence-electron chi connectivity index (χ0n) is 18.0. The third-order valence-electron chi connectivity index (χ3n) is 5.15. The van der Waals surface area contributed by atoms with E-state index in [0.717, 1.165) is 16.7 Å². The molecule has 4 rings (SSSR count). The van der Waals surface area contributed by atoms with Crippen molar-refractivity contribution < 1.29 is 14.7 Å². The first kappa shape index (κ1) is 22.7. The predicted octanol–water partition coefficient (Wildman–Crippen LogP) is 4.88. The van der Waals surface area contributed by atoms with Gasteiger partial charge >= 0.3 is 5.97 Å². The minimum absolute atomic E-state index is 0.140. The van der Waals surface area contributed by atoms with Crippen LogP contribution in [0.4, 0.5) is 5.13 Å². The molecule has 0 saturated heterocycles. The van der Waals surface area contributed by atoms with Crippen molar-refractivity contribution in [2.24, 2.45) is 5.16 Å². The van der Waals surface area contributed by atoms with Gasteiger partial charge in [-0.3, -0.25) is 0 Å². The number of oxime groups is 1. The molecule has 4 aromatic rings. The summed E-state index contributed by atoms with van der Waals surface area (Å²) >= 11 is 1.26. The zero-order chi connectivity index (χ0) is 23.8. The number of benzene rings is 3. The number of aromatic nitrogens is 1. The van der Waals surface area contributed by atoms with E-state index in [1.807, 2.05) is 91.0 Å². The molecule has 0 bridgehead atoms. The molecule has 0 amide bonds. The smallest absolute Gasteiger partial charge is 0.360 e. The first-order valence-corrected chi connectivity index (χ1v) is 11.2. The number of thiazole rings is 1. The fraction of sp³-hybridized carbons (Fsp3) is 0.0769. The molecule has 2 N–H and O–H groups in total. The minimum Gasteiger partial charge on any atom is -0.476 e. The Morgan fingerprint density at radius 2 is 1.47 bits per heavy atom. The van der Waals surface area contributed by atoms with E-state index < -0.39 is 11.5 Å². The molecular weight excluding hydrogens is 448 g/mol. The van der Waals surface area contributed by atoms with Crippen molar-refractivity contribution in [3.8, 4) is 6.07 Å². The average Bonchev–Trinajstić information content (AvgIpc) is 3.34. The number of carboxylic acid groups (broad SMARTS) is 1. The summed E-state index contributed by atoms with van der Waals surface area (Å²) < 4.78 is 0. The summed E-state index contributed by atoms with van der Waals surface area (Å²) in [6.45, 7) is -0.356. The van der Waals surface area contributed by atoms with Gasteiger partial charge in [0.05, 0.1) is 0 Å². The molecule has 0 spiro atoms. The molecule has 0 saturated carbocycles. The molecule has 0 unspecified atom stereocenters. The highest BCUT2D eigenvalue weighted by Gasteiger charge is 2.37. The van der Waals surface area contributed by atoms with E-state index >= 15 is 0 Å². The summed E-state index contributed by atoms with van der Waals surface area (Å²) in [7, 11) is 0. The van der Waals surface area contributed by atoms with E-state index in [0.29, 0.717) is 5.13 Å². The van der Waals surface area contributed by atoms with Gasteiger partial charge < -0.3 is 15.3 Å². The van der Waals surface area contributed by atoms with E-state index in [-0.39, 0.29) is 18.0 Å². The van der Waals surface area contributed by atoms with Crippen LogP contribution < -0.4 is 5.32 Å². The topological polar surface area (TPSA) is 108 Å². The van der Waals surface area contributed by atoms with Crippen molar-refractivity contribution in [3.63, 3.8) is 0 Å². The SMILES string of the molecule is N#CCO/N=C(\C(=O)O)c1csc(NC(c2ccccc2)(c2ccccc2)c2ccccc2)n1. The van der Waals surface area contributed by atoms with Gasteiger partial charge in [0.25, 0.3) is 0 Å². The number of nitriles is 1. The minimum atomic E-state index is -1.30. The number of hydrogen-bond acceptors (Lipinski definition) is 7. The Labute approximate surface area is 200 Å². The van der Waals surface area contributed by atoms with Crippen LogP contribution in [0.15, 0.2) is 102 Å². The number of nitrogens with zero attached hydrogens (tertiary/aromatic N) is 3. The standard InChI is InChI=1S/C26H20N4O3S/c27-16-17-33-30-23(24(31)32)22-18-34-25(28-22)29-26(19-10-4-1-5-11-19,20-12-6-2-7-13-20)21-14-8-3-9-15-21/h1-15,18H,17H2,(H,28,29)(H,31,32)/b30-23-. The van der Waals surface area contributed by atoms with Gasteiger partial charge in [0.2, 0.25) is 12.3 Å². The van der Waals surface area contributed by atoms with Crippen LogP contribution in [0.1, 0.15) is 22.4 Å². The normalized spacial score (nSPS) is 11.4. The van der Waals surface area contributed by atoms with Crippen LogP contribution in [-0.2, 0) is 15.2 Å². The molecule has 0 fully saturated rings. The van der Waals surface area contributed by atoms with Crippen LogP contribution in [-0.4, -0.2) is 28.4 Å². The van der Waals surface area contributed by atoms with Crippen molar-refractivity contribution in [2.45, 2.75) is 5.54 Å². The monoisotopic (exact) mass is 468 g/mol. The molecule has 3 aromatic carbocycles. The number of aliphatic carboxylic acids is 1. The highest BCUT2D eigenvalue weighted by atomic mass is 32.1. The van der Waals surface area contributed by atoms with Crippen LogP contribution in [0.25, 0.3) is 0 Å². The van der Waals surface area contributed by atoms with E-state index in [9.17, 15) is 9.90 Å². The molecule has 7 nitrogen and oxygen atoms in total. The molecular formula is C26H20N4O3S. The van der Waals surface area contributed by atoms with Crippen LogP contribution in [0.2, 0.25) is 0 Å². The lowest BCUT2D eigenvalue weighted by atomic mass is 9.77. The quantitative estimate of drug-likeness (QED) is 0.157. The van der Waals surface area contributed by atoms with E-state index in [4.69, 9.17) is 10.1 Å². The van der Waals surface area contributed by atoms with E-state index in [1.54, 1.807) is 11.4 Å². The van der Waals surface area contributed by atoms with Crippen LogP contribution >= 0.6 is 11.3 Å². The molecule has 0 radical (unpaired) electrons. The summed E-state index contributed by atoms with van der Waals surface area (Å²) in [4.78, 5) is 21.0. The number of nitrogens with one attached hydrogen (secondary N) is 1. The first-order chi connectivity index (χ1) is 16.6. The largest absolute Gasteiger partial charge is 0.476 e. The van der Waals surface area contributed by atoms with Gasteiger partial charge in [0.1, 0.15) is 17.3 Å². The maximum absolute atomic E-state index is 11.7. The number of rotatable bonds is 9.